The van der Waals surface area contributed by atoms with E-state index < -0.39 is 11.2 Å². The number of hydrogen-bond acceptors (Lipinski definition) is 5. The molecule has 1 atom stereocenters. The van der Waals surface area contributed by atoms with E-state index in [0.717, 1.165) is 22.6 Å². The lowest BCUT2D eigenvalue weighted by molar-refractivity contribution is -0.117. The molecule has 0 saturated heterocycles. The number of aromatic nitrogens is 3. The molecule has 0 radical (unpaired) electrons. The summed E-state index contributed by atoms with van der Waals surface area (Å²) in [5, 5.41) is 9.26. The van der Waals surface area contributed by atoms with Crippen molar-refractivity contribution in [3.05, 3.63) is 89.4 Å². The second kappa shape index (κ2) is 9.89. The minimum atomic E-state index is -0.624. The van der Waals surface area contributed by atoms with Gasteiger partial charge in [0.15, 0.2) is 11.0 Å². The highest BCUT2D eigenvalue weighted by atomic mass is 35.5. The van der Waals surface area contributed by atoms with E-state index in [1.807, 2.05) is 84.3 Å². The fourth-order valence-electron chi connectivity index (χ4n) is 3.28. The van der Waals surface area contributed by atoms with Crippen molar-refractivity contribution in [3.8, 4) is 22.8 Å². The molecule has 1 aromatic heterocycles. The summed E-state index contributed by atoms with van der Waals surface area (Å²) in [5.74, 6) is 0.873. The Bertz CT molecular complexity index is 1210. The first kappa shape index (κ1) is 21.9. The monoisotopic (exact) mass is 464 g/mol. The van der Waals surface area contributed by atoms with Crippen molar-refractivity contribution in [2.24, 2.45) is 5.73 Å². The summed E-state index contributed by atoms with van der Waals surface area (Å²) < 4.78 is 7.44. The van der Waals surface area contributed by atoms with Crippen LogP contribution in [-0.4, -0.2) is 27.3 Å². The van der Waals surface area contributed by atoms with Gasteiger partial charge >= 0.3 is 0 Å². The molecule has 2 N–H and O–H groups in total. The Morgan fingerprint density at radius 3 is 2.38 bits per heavy atom. The van der Waals surface area contributed by atoms with Crippen LogP contribution in [0.25, 0.3) is 17.1 Å². The summed E-state index contributed by atoms with van der Waals surface area (Å²) in [7, 11) is 0. The van der Waals surface area contributed by atoms with E-state index in [9.17, 15) is 4.79 Å². The molecule has 162 valence electrons. The molecule has 0 aliphatic heterocycles. The summed E-state index contributed by atoms with van der Waals surface area (Å²) in [6.45, 7) is 2.51. The van der Waals surface area contributed by atoms with E-state index in [-0.39, 0.29) is 0 Å². The fraction of sp³-hybridized carbons (Fsp3) is 0.125. The van der Waals surface area contributed by atoms with Gasteiger partial charge in [-0.1, -0.05) is 65.8 Å². The summed E-state index contributed by atoms with van der Waals surface area (Å²) >= 11 is 7.71. The fourth-order valence-corrected chi connectivity index (χ4v) is 4.50. The van der Waals surface area contributed by atoms with Crippen LogP contribution in [-0.2, 0) is 4.79 Å². The van der Waals surface area contributed by atoms with Gasteiger partial charge in [0, 0.05) is 11.3 Å². The van der Waals surface area contributed by atoms with Gasteiger partial charge in [-0.25, -0.2) is 0 Å². The molecule has 3 aromatic carbocycles. The summed E-state index contributed by atoms with van der Waals surface area (Å²) in [5.41, 5.74) is 8.09. The van der Waals surface area contributed by atoms with Crippen LogP contribution >= 0.6 is 23.4 Å². The predicted molar refractivity (Wildman–Crippen MR) is 127 cm³/mol. The van der Waals surface area contributed by atoms with E-state index >= 15 is 0 Å². The van der Waals surface area contributed by atoms with Gasteiger partial charge in [0.05, 0.1) is 11.6 Å². The van der Waals surface area contributed by atoms with Crippen LogP contribution in [0.2, 0.25) is 5.02 Å². The van der Waals surface area contributed by atoms with Gasteiger partial charge in [-0.3, -0.25) is 9.36 Å². The lowest BCUT2D eigenvalue weighted by Gasteiger charge is -2.15. The number of halogens is 1. The van der Waals surface area contributed by atoms with E-state index in [1.54, 1.807) is 6.07 Å². The van der Waals surface area contributed by atoms with Crippen molar-refractivity contribution in [1.82, 2.24) is 14.8 Å². The average molecular weight is 465 g/mol. The van der Waals surface area contributed by atoms with Gasteiger partial charge in [0.1, 0.15) is 11.0 Å². The van der Waals surface area contributed by atoms with Crippen molar-refractivity contribution in [2.45, 2.75) is 17.3 Å². The number of amides is 1. The summed E-state index contributed by atoms with van der Waals surface area (Å²) in [6, 6.07) is 24.4. The Morgan fingerprint density at radius 1 is 1.03 bits per heavy atom. The SMILES string of the molecule is CCOc1ccc(-n2c(SC(C(N)=O)c3ccccc3)nnc2-c2ccccc2Cl)cc1. The molecule has 4 rings (SSSR count). The number of benzene rings is 3. The average Bonchev–Trinajstić information content (AvgIpc) is 3.22. The minimum absolute atomic E-state index is 0.457. The molecule has 1 amide bonds. The van der Waals surface area contributed by atoms with Gasteiger partial charge in [-0.15, -0.1) is 10.2 Å². The van der Waals surface area contributed by atoms with E-state index in [4.69, 9.17) is 22.1 Å². The molecule has 8 heteroatoms. The summed E-state index contributed by atoms with van der Waals surface area (Å²) in [6.07, 6.45) is 0. The Morgan fingerprint density at radius 2 is 1.72 bits per heavy atom. The first-order valence-electron chi connectivity index (χ1n) is 10.0. The molecular weight excluding hydrogens is 444 g/mol. The molecule has 1 unspecified atom stereocenters. The summed E-state index contributed by atoms with van der Waals surface area (Å²) in [4.78, 5) is 12.3. The maximum absolute atomic E-state index is 12.3. The third kappa shape index (κ3) is 4.64. The Kier molecular flexibility index (Phi) is 6.78. The number of hydrogen-bond donors (Lipinski definition) is 1. The Hall–Kier alpha value is -3.29. The molecule has 0 aliphatic carbocycles. The standard InChI is InChI=1S/C24H21ClN4O2S/c1-2-31-18-14-12-17(13-15-18)29-23(19-10-6-7-11-20(19)25)27-28-24(29)32-21(22(26)30)16-8-4-3-5-9-16/h3-15,21H,2H2,1H3,(H2,26,30). The second-order valence-corrected chi connectivity index (χ2v) is 8.34. The van der Waals surface area contributed by atoms with Crippen LogP contribution in [0.1, 0.15) is 17.7 Å². The van der Waals surface area contributed by atoms with Crippen molar-refractivity contribution in [3.63, 3.8) is 0 Å². The molecule has 0 bridgehead atoms. The highest BCUT2D eigenvalue weighted by Gasteiger charge is 2.25. The van der Waals surface area contributed by atoms with Gasteiger partial charge in [0.25, 0.3) is 0 Å². The lowest BCUT2D eigenvalue weighted by Crippen LogP contribution is -2.19. The molecule has 0 aliphatic rings. The number of carbonyl (C=O) groups excluding carboxylic acids is 1. The maximum atomic E-state index is 12.3. The predicted octanol–water partition coefficient (Wildman–Crippen LogP) is 5.31. The lowest BCUT2D eigenvalue weighted by atomic mass is 10.1. The number of primary amides is 1. The molecular formula is C24H21ClN4O2S. The molecule has 0 spiro atoms. The number of thioether (sulfide) groups is 1. The van der Waals surface area contributed by atoms with Crippen LogP contribution in [0.15, 0.2) is 84.0 Å². The van der Waals surface area contributed by atoms with Crippen LogP contribution in [0, 0.1) is 0 Å². The van der Waals surface area contributed by atoms with Crippen molar-refractivity contribution < 1.29 is 9.53 Å². The third-order valence-electron chi connectivity index (χ3n) is 4.74. The zero-order valence-electron chi connectivity index (χ0n) is 17.3. The second-order valence-electron chi connectivity index (χ2n) is 6.86. The molecule has 4 aromatic rings. The maximum Gasteiger partial charge on any atom is 0.235 e. The molecule has 1 heterocycles. The number of rotatable bonds is 8. The zero-order chi connectivity index (χ0) is 22.5. The van der Waals surface area contributed by atoms with Gasteiger partial charge in [-0.2, -0.15) is 0 Å². The van der Waals surface area contributed by atoms with E-state index in [2.05, 4.69) is 10.2 Å². The molecule has 32 heavy (non-hydrogen) atoms. The van der Waals surface area contributed by atoms with Crippen LogP contribution in [0.5, 0.6) is 5.75 Å². The highest BCUT2D eigenvalue weighted by molar-refractivity contribution is 8.00. The quantitative estimate of drug-likeness (QED) is 0.357. The van der Waals surface area contributed by atoms with Crippen LogP contribution in [0.3, 0.4) is 0 Å². The van der Waals surface area contributed by atoms with Crippen LogP contribution < -0.4 is 10.5 Å². The number of nitrogens with zero attached hydrogens (tertiary/aromatic N) is 3. The zero-order valence-corrected chi connectivity index (χ0v) is 18.9. The third-order valence-corrected chi connectivity index (χ3v) is 6.28. The minimum Gasteiger partial charge on any atom is -0.494 e. The number of ether oxygens (including phenoxy) is 1. The normalized spacial score (nSPS) is 11.8. The van der Waals surface area contributed by atoms with Crippen molar-refractivity contribution >= 4 is 29.3 Å². The van der Waals surface area contributed by atoms with Gasteiger partial charge in [-0.05, 0) is 48.9 Å². The van der Waals surface area contributed by atoms with Crippen molar-refractivity contribution in [1.29, 1.82) is 0 Å². The first-order chi connectivity index (χ1) is 15.6. The van der Waals surface area contributed by atoms with Gasteiger partial charge < -0.3 is 10.5 Å². The highest BCUT2D eigenvalue weighted by Crippen LogP contribution is 2.38. The Balaban J connectivity index is 1.82. The van der Waals surface area contributed by atoms with Crippen LogP contribution in [0.4, 0.5) is 0 Å². The molecule has 0 fully saturated rings. The topological polar surface area (TPSA) is 83.0 Å². The molecule has 6 nitrogen and oxygen atoms in total. The number of nitrogens with two attached hydrogens (primary N) is 1. The largest absolute Gasteiger partial charge is 0.494 e. The Labute approximate surface area is 195 Å². The molecule has 0 saturated carbocycles. The van der Waals surface area contributed by atoms with E-state index in [0.29, 0.717) is 22.6 Å². The van der Waals surface area contributed by atoms with E-state index in [1.165, 1.54) is 11.8 Å². The number of carbonyl (C=O) groups is 1. The smallest absolute Gasteiger partial charge is 0.235 e. The van der Waals surface area contributed by atoms with Crippen molar-refractivity contribution in [2.75, 3.05) is 6.61 Å². The van der Waals surface area contributed by atoms with Gasteiger partial charge in [0.2, 0.25) is 5.91 Å². The first-order valence-corrected chi connectivity index (χ1v) is 11.3.